The third kappa shape index (κ3) is 4.42. The van der Waals surface area contributed by atoms with E-state index in [0.717, 1.165) is 28.1 Å². The van der Waals surface area contributed by atoms with Gasteiger partial charge in [-0.2, -0.15) is 4.98 Å². The molecule has 9 heteroatoms. The van der Waals surface area contributed by atoms with Crippen molar-refractivity contribution in [3.05, 3.63) is 78.6 Å². The van der Waals surface area contributed by atoms with Gasteiger partial charge in [-0.1, -0.05) is 30.3 Å². The second-order valence-corrected chi connectivity index (χ2v) is 7.45. The van der Waals surface area contributed by atoms with Crippen molar-refractivity contribution in [3.8, 4) is 17.1 Å². The maximum absolute atomic E-state index is 5.21. The number of benzene rings is 1. The predicted molar refractivity (Wildman–Crippen MR) is 126 cm³/mol. The Hall–Kier alpha value is -4.53. The predicted octanol–water partition coefficient (Wildman–Crippen LogP) is 3.90. The third-order valence-corrected chi connectivity index (χ3v) is 5.15. The number of ether oxygens (including phenoxy) is 1. The molecule has 4 heterocycles. The van der Waals surface area contributed by atoms with Crippen LogP contribution in [0.15, 0.2) is 67.3 Å². The van der Waals surface area contributed by atoms with Gasteiger partial charge in [-0.25, -0.2) is 19.9 Å². The number of aromatic amines is 2. The first-order valence-corrected chi connectivity index (χ1v) is 10.5. The van der Waals surface area contributed by atoms with E-state index in [9.17, 15) is 0 Å². The van der Waals surface area contributed by atoms with Gasteiger partial charge < -0.3 is 20.4 Å². The van der Waals surface area contributed by atoms with Gasteiger partial charge >= 0.3 is 5.88 Å². The summed E-state index contributed by atoms with van der Waals surface area (Å²) in [5.41, 5.74) is 5.82. The highest BCUT2D eigenvalue weighted by Crippen LogP contribution is 2.33. The molecule has 9 nitrogen and oxygen atoms in total. The summed E-state index contributed by atoms with van der Waals surface area (Å²) in [5.74, 6) is 1.96. The van der Waals surface area contributed by atoms with Gasteiger partial charge in [0.05, 0.1) is 31.4 Å². The largest absolute Gasteiger partial charge is 0.448 e. The van der Waals surface area contributed by atoms with Crippen LogP contribution in [0.25, 0.3) is 22.4 Å². The maximum atomic E-state index is 5.21. The smallest absolute Gasteiger partial charge is 0.365 e. The van der Waals surface area contributed by atoms with Gasteiger partial charge in [0.1, 0.15) is 28.5 Å². The van der Waals surface area contributed by atoms with E-state index < -0.39 is 0 Å². The number of fused-ring (bicyclic) bond motifs is 1. The van der Waals surface area contributed by atoms with Crippen LogP contribution >= 0.6 is 0 Å². The molecule has 0 aliphatic rings. The number of methoxy groups -OCH3 is 1. The lowest BCUT2D eigenvalue weighted by Gasteiger charge is -2.14. The molecule has 4 aromatic heterocycles. The normalized spacial score (nSPS) is 10.8. The molecule has 0 aliphatic heterocycles. The lowest BCUT2D eigenvalue weighted by molar-refractivity contribution is -0.392. The van der Waals surface area contributed by atoms with E-state index in [-0.39, 0.29) is 0 Å². The second kappa shape index (κ2) is 8.91. The third-order valence-electron chi connectivity index (χ3n) is 5.15. The lowest BCUT2D eigenvalue weighted by Crippen LogP contribution is -2.08. The Kier molecular flexibility index (Phi) is 5.50. The number of hydrogen-bond donors (Lipinski definition) is 3. The molecule has 5 aromatic rings. The summed E-state index contributed by atoms with van der Waals surface area (Å²) in [4.78, 5) is 24.4. The molecular formula is C24H23N8O+. The van der Waals surface area contributed by atoms with Crippen LogP contribution < -0.4 is 20.4 Å². The molecule has 0 bridgehead atoms. The molecule has 0 saturated heterocycles. The fourth-order valence-corrected chi connectivity index (χ4v) is 3.53. The van der Waals surface area contributed by atoms with Crippen molar-refractivity contribution in [2.24, 2.45) is 0 Å². The Morgan fingerprint density at radius 1 is 1.03 bits per heavy atom. The van der Waals surface area contributed by atoms with Crippen molar-refractivity contribution in [2.45, 2.75) is 13.5 Å². The number of aromatic nitrogens is 6. The van der Waals surface area contributed by atoms with E-state index in [1.807, 2.05) is 49.5 Å². The van der Waals surface area contributed by atoms with Crippen LogP contribution in [0.2, 0.25) is 0 Å². The number of anilines is 3. The number of nitrogens with zero attached hydrogens (tertiary/aromatic N) is 4. The lowest BCUT2D eigenvalue weighted by atomic mass is 10.1. The molecular weight excluding hydrogens is 416 g/mol. The van der Waals surface area contributed by atoms with Crippen molar-refractivity contribution in [1.29, 1.82) is 0 Å². The minimum Gasteiger partial charge on any atom is -0.448 e. The summed E-state index contributed by atoms with van der Waals surface area (Å²) in [5, 5.41) is 6.83. The molecule has 1 aromatic carbocycles. The van der Waals surface area contributed by atoms with Crippen molar-refractivity contribution in [1.82, 2.24) is 24.9 Å². The Labute approximate surface area is 190 Å². The minimum atomic E-state index is 0.615. The first-order valence-electron chi connectivity index (χ1n) is 10.5. The zero-order valence-corrected chi connectivity index (χ0v) is 18.3. The number of imidazole rings is 1. The van der Waals surface area contributed by atoms with Gasteiger partial charge in [0.25, 0.3) is 0 Å². The summed E-state index contributed by atoms with van der Waals surface area (Å²) in [6.07, 6.45) is 5.25. The second-order valence-electron chi connectivity index (χ2n) is 7.45. The van der Waals surface area contributed by atoms with Gasteiger partial charge in [0.15, 0.2) is 11.8 Å². The summed E-state index contributed by atoms with van der Waals surface area (Å²) in [7, 11) is 1.62. The van der Waals surface area contributed by atoms with Crippen LogP contribution in [0.3, 0.4) is 0 Å². The van der Waals surface area contributed by atoms with E-state index >= 15 is 0 Å². The molecule has 33 heavy (non-hydrogen) atoms. The van der Waals surface area contributed by atoms with Crippen molar-refractivity contribution in [3.63, 3.8) is 0 Å². The molecule has 0 radical (unpaired) electrons. The van der Waals surface area contributed by atoms with E-state index in [1.165, 1.54) is 5.56 Å². The van der Waals surface area contributed by atoms with E-state index in [0.29, 0.717) is 29.7 Å². The fourth-order valence-electron chi connectivity index (χ4n) is 3.53. The number of H-pyrrole nitrogens is 2. The quantitative estimate of drug-likeness (QED) is 0.352. The zero-order chi connectivity index (χ0) is 22.6. The minimum absolute atomic E-state index is 0.615. The van der Waals surface area contributed by atoms with Crippen LogP contribution in [0.1, 0.15) is 11.4 Å². The number of pyridine rings is 2. The zero-order valence-electron chi connectivity index (χ0n) is 18.3. The number of aryl methyl sites for hydroxylation is 1. The topological polar surface area (TPSA) is 115 Å². The average molecular weight is 440 g/mol. The Balaban J connectivity index is 1.55. The number of nitrogens with one attached hydrogen (secondary N) is 4. The van der Waals surface area contributed by atoms with Crippen LogP contribution in [0, 0.1) is 6.92 Å². The van der Waals surface area contributed by atoms with Crippen LogP contribution in [-0.2, 0) is 6.54 Å². The van der Waals surface area contributed by atoms with Crippen LogP contribution in [-0.4, -0.2) is 32.0 Å². The van der Waals surface area contributed by atoms with E-state index in [4.69, 9.17) is 14.7 Å². The van der Waals surface area contributed by atoms with Crippen molar-refractivity contribution in [2.75, 3.05) is 17.7 Å². The van der Waals surface area contributed by atoms with Crippen molar-refractivity contribution < 1.29 is 9.72 Å². The average Bonchev–Trinajstić information content (AvgIpc) is 3.32. The molecule has 0 spiro atoms. The van der Waals surface area contributed by atoms with Crippen LogP contribution in [0.4, 0.5) is 17.2 Å². The standard InChI is InChI=1S/C24H22N8O/c1-15-30-21(22-24(31-15)29-14-28-22)19-10-18(25-11-16-6-4-3-5-7-16)13-27-23(19)32-17-8-9-20(33-2)26-12-17/h3-10,12-14,25H,11H2,1-2H3,(H,27,32)(H,28,29,30,31)/p+1. The van der Waals surface area contributed by atoms with E-state index in [2.05, 4.69) is 42.7 Å². The highest BCUT2D eigenvalue weighted by Gasteiger charge is 2.17. The molecule has 0 amide bonds. The van der Waals surface area contributed by atoms with Gasteiger partial charge in [-0.15, -0.1) is 0 Å². The Morgan fingerprint density at radius 3 is 2.70 bits per heavy atom. The van der Waals surface area contributed by atoms with Gasteiger partial charge in [0, 0.05) is 12.1 Å². The highest BCUT2D eigenvalue weighted by molar-refractivity contribution is 5.92. The molecule has 5 rings (SSSR count). The Morgan fingerprint density at radius 2 is 1.91 bits per heavy atom. The number of rotatable bonds is 7. The summed E-state index contributed by atoms with van der Waals surface area (Å²) in [6.45, 7) is 2.54. The molecule has 0 saturated carbocycles. The molecule has 4 N–H and O–H groups in total. The molecule has 0 unspecified atom stereocenters. The van der Waals surface area contributed by atoms with Gasteiger partial charge in [-0.3, -0.25) is 0 Å². The first kappa shape index (κ1) is 20.4. The van der Waals surface area contributed by atoms with Crippen LogP contribution in [0.5, 0.6) is 5.88 Å². The van der Waals surface area contributed by atoms with E-state index in [1.54, 1.807) is 19.6 Å². The SMILES string of the molecule is COc1ccc(Nc2ncc(NCc3ccccc3)cc2-c2nc(C)nc3nc[nH]c23)c[nH+]1. The Bertz CT molecular complexity index is 1380. The molecule has 0 fully saturated rings. The molecule has 0 atom stereocenters. The van der Waals surface area contributed by atoms with Crippen molar-refractivity contribution >= 4 is 28.4 Å². The first-order chi connectivity index (χ1) is 16.2. The molecule has 164 valence electrons. The highest BCUT2D eigenvalue weighted by atomic mass is 16.5. The maximum Gasteiger partial charge on any atom is 0.365 e. The monoisotopic (exact) mass is 439 g/mol. The number of hydrogen-bond acceptors (Lipinski definition) is 7. The summed E-state index contributed by atoms with van der Waals surface area (Å²) in [6, 6.07) is 16.0. The van der Waals surface area contributed by atoms with Gasteiger partial charge in [0.2, 0.25) is 0 Å². The summed E-state index contributed by atoms with van der Waals surface area (Å²) < 4.78 is 5.21. The summed E-state index contributed by atoms with van der Waals surface area (Å²) >= 11 is 0. The van der Waals surface area contributed by atoms with Gasteiger partial charge in [-0.05, 0) is 24.6 Å². The fraction of sp³-hybridized carbons (Fsp3) is 0.125. The molecule has 0 aliphatic carbocycles.